The van der Waals surface area contributed by atoms with Crippen molar-refractivity contribution in [2.24, 2.45) is 0 Å². The van der Waals surface area contributed by atoms with Gasteiger partial charge in [-0.1, -0.05) is 29.8 Å². The van der Waals surface area contributed by atoms with Gasteiger partial charge in [-0.2, -0.15) is 0 Å². The van der Waals surface area contributed by atoms with Crippen LogP contribution in [0.1, 0.15) is 19.4 Å². The number of halogens is 1. The summed E-state index contributed by atoms with van der Waals surface area (Å²) in [4.78, 5) is 8.80. The molecule has 0 N–H and O–H groups in total. The van der Waals surface area contributed by atoms with Crippen LogP contribution in [0.2, 0.25) is 5.02 Å². The van der Waals surface area contributed by atoms with Crippen LogP contribution in [-0.2, 0) is 0 Å². The summed E-state index contributed by atoms with van der Waals surface area (Å²) in [6.45, 7) is 9.93. The van der Waals surface area contributed by atoms with E-state index in [0.717, 1.165) is 37.7 Å². The molecule has 0 aliphatic carbocycles. The summed E-state index contributed by atoms with van der Waals surface area (Å²) in [6, 6.07) is 17.0. The second kappa shape index (κ2) is 8.02. The molecule has 2 heterocycles. The third kappa shape index (κ3) is 4.19. The minimum atomic E-state index is 0.0163. The minimum absolute atomic E-state index is 0.0163. The summed E-state index contributed by atoms with van der Waals surface area (Å²) in [5.74, 6) is 0. The van der Waals surface area contributed by atoms with Crippen molar-refractivity contribution < 1.29 is 0 Å². The van der Waals surface area contributed by atoms with E-state index in [1.165, 1.54) is 21.8 Å². The van der Waals surface area contributed by atoms with Gasteiger partial charge in [-0.05, 0) is 62.9 Å². The lowest BCUT2D eigenvalue weighted by Crippen LogP contribution is -2.44. The molecule has 2 saturated heterocycles. The maximum absolute atomic E-state index is 6.08. The zero-order valence-electron chi connectivity index (χ0n) is 16.9. The Bertz CT molecular complexity index is 854. The maximum Gasteiger partial charge on any atom is 0.0851 e. The number of rotatable bonds is 3. The molecule has 5 heteroatoms. The average molecular weight is 414 g/mol. The molecule has 4 rings (SSSR count). The van der Waals surface area contributed by atoms with Crippen LogP contribution >= 0.6 is 23.4 Å². The number of hydrogen-bond acceptors (Lipinski definition) is 4. The van der Waals surface area contributed by atoms with Crippen molar-refractivity contribution in [1.29, 1.82) is 0 Å². The molecule has 0 spiro atoms. The van der Waals surface area contributed by atoms with E-state index in [4.69, 9.17) is 11.6 Å². The average Bonchev–Trinajstić information content (AvgIpc) is 2.97. The zero-order valence-corrected chi connectivity index (χ0v) is 18.4. The number of para-hydroxylation sites is 1. The van der Waals surface area contributed by atoms with E-state index in [9.17, 15) is 0 Å². The van der Waals surface area contributed by atoms with Gasteiger partial charge in [0.15, 0.2) is 0 Å². The molecule has 28 heavy (non-hydrogen) atoms. The highest BCUT2D eigenvalue weighted by Gasteiger charge is 2.36. The largest absolute Gasteiger partial charge is 0.368 e. The molecule has 0 saturated carbocycles. The van der Waals surface area contributed by atoms with Crippen molar-refractivity contribution in [2.75, 3.05) is 49.6 Å². The molecule has 0 bridgehead atoms. The minimum Gasteiger partial charge on any atom is -0.368 e. The van der Waals surface area contributed by atoms with Gasteiger partial charge >= 0.3 is 0 Å². The lowest BCUT2D eigenvalue weighted by molar-refractivity contribution is 0.313. The number of likely N-dealkylation sites (N-methyl/N-ethyl adjacent to an activating group) is 1. The van der Waals surface area contributed by atoms with E-state index >= 15 is 0 Å². The van der Waals surface area contributed by atoms with Crippen molar-refractivity contribution in [3.05, 3.63) is 64.0 Å². The summed E-state index contributed by atoms with van der Waals surface area (Å²) in [7, 11) is 2.20. The van der Waals surface area contributed by atoms with Gasteiger partial charge in [0, 0.05) is 47.5 Å². The Morgan fingerprint density at radius 3 is 2.36 bits per heavy atom. The van der Waals surface area contributed by atoms with E-state index in [0.29, 0.717) is 0 Å². The van der Waals surface area contributed by atoms with Crippen LogP contribution in [0, 0.1) is 0 Å². The second-order valence-corrected chi connectivity index (χ2v) is 10.2. The van der Waals surface area contributed by atoms with Crippen molar-refractivity contribution in [3.8, 4) is 0 Å². The first kappa shape index (κ1) is 19.7. The van der Waals surface area contributed by atoms with E-state index in [1.54, 1.807) is 0 Å². The fourth-order valence-electron chi connectivity index (χ4n) is 3.97. The third-order valence-corrected chi connectivity index (χ3v) is 7.06. The summed E-state index contributed by atoms with van der Waals surface area (Å²) in [5.41, 5.74) is 3.90. The predicted molar refractivity (Wildman–Crippen MR) is 125 cm³/mol. The quantitative estimate of drug-likeness (QED) is 0.664. The second-order valence-electron chi connectivity index (χ2n) is 8.07. The van der Waals surface area contributed by atoms with Gasteiger partial charge in [-0.3, -0.25) is 0 Å². The zero-order chi connectivity index (χ0) is 19.7. The highest BCUT2D eigenvalue weighted by molar-refractivity contribution is 8.05. The first-order valence-electron chi connectivity index (χ1n) is 9.88. The molecule has 2 aliphatic rings. The van der Waals surface area contributed by atoms with Gasteiger partial charge in [-0.15, -0.1) is 11.8 Å². The summed E-state index contributed by atoms with van der Waals surface area (Å²) in [6.07, 6.45) is 2.38. The predicted octanol–water partition coefficient (Wildman–Crippen LogP) is 5.42. The van der Waals surface area contributed by atoms with Gasteiger partial charge in [0.05, 0.1) is 11.4 Å². The van der Waals surface area contributed by atoms with Crippen LogP contribution in [0.5, 0.6) is 0 Å². The molecule has 0 unspecified atom stereocenters. The number of benzene rings is 2. The molecule has 2 aromatic carbocycles. The molecule has 0 aromatic heterocycles. The van der Waals surface area contributed by atoms with E-state index in [-0.39, 0.29) is 4.87 Å². The maximum atomic E-state index is 6.08. The van der Waals surface area contributed by atoms with Gasteiger partial charge < -0.3 is 14.7 Å². The van der Waals surface area contributed by atoms with Crippen LogP contribution in [0.15, 0.2) is 53.4 Å². The Hall–Kier alpha value is -1.62. The lowest BCUT2D eigenvalue weighted by Gasteiger charge is -2.35. The molecule has 0 atom stereocenters. The van der Waals surface area contributed by atoms with Crippen LogP contribution < -0.4 is 9.80 Å². The Morgan fingerprint density at radius 1 is 0.964 bits per heavy atom. The molecule has 2 aliphatic heterocycles. The Kier molecular flexibility index (Phi) is 5.64. The summed E-state index contributed by atoms with van der Waals surface area (Å²) >= 11 is 8.04. The van der Waals surface area contributed by atoms with Crippen LogP contribution in [-0.4, -0.2) is 49.5 Å². The summed E-state index contributed by atoms with van der Waals surface area (Å²) in [5, 5.41) is 0.783. The van der Waals surface area contributed by atoms with Crippen molar-refractivity contribution in [1.82, 2.24) is 4.90 Å². The van der Waals surface area contributed by atoms with Crippen molar-refractivity contribution in [2.45, 2.75) is 18.7 Å². The normalized spacial score (nSPS) is 21.5. The highest BCUT2D eigenvalue weighted by Crippen LogP contribution is 2.46. The standard InChI is InChI=1S/C23H28ClN3S/c1-23(2)27(20-10-8-19(24)9-11-20)17-21(28-23)16-18-6-4-5-7-22(18)26-14-12-25(3)13-15-26/h4-11,16H,12-15,17H2,1-3H3. The number of piperazine rings is 1. The monoisotopic (exact) mass is 413 g/mol. The van der Waals surface area contributed by atoms with E-state index < -0.39 is 0 Å². The Labute approximate surface area is 178 Å². The van der Waals surface area contributed by atoms with Crippen molar-refractivity contribution in [3.63, 3.8) is 0 Å². The smallest absolute Gasteiger partial charge is 0.0851 e. The van der Waals surface area contributed by atoms with Gasteiger partial charge in [0.2, 0.25) is 0 Å². The van der Waals surface area contributed by atoms with Crippen molar-refractivity contribution >= 4 is 40.8 Å². The molecule has 2 fully saturated rings. The Morgan fingerprint density at radius 2 is 1.64 bits per heavy atom. The van der Waals surface area contributed by atoms with Crippen LogP contribution in [0.3, 0.4) is 0 Å². The number of hydrogen-bond donors (Lipinski definition) is 0. The highest BCUT2D eigenvalue weighted by atomic mass is 35.5. The summed E-state index contributed by atoms with van der Waals surface area (Å²) < 4.78 is 0. The molecule has 0 radical (unpaired) electrons. The van der Waals surface area contributed by atoms with Gasteiger partial charge in [0.25, 0.3) is 0 Å². The fraction of sp³-hybridized carbons (Fsp3) is 0.391. The first-order chi connectivity index (χ1) is 13.4. The van der Waals surface area contributed by atoms with Gasteiger partial charge in [-0.25, -0.2) is 0 Å². The molecule has 148 valence electrons. The Balaban J connectivity index is 1.59. The molecule has 3 nitrogen and oxygen atoms in total. The SMILES string of the molecule is CN1CCN(c2ccccc2C=C2CN(c3ccc(Cl)cc3)C(C)(C)S2)CC1. The molecular formula is C23H28ClN3S. The molecule has 2 aromatic rings. The molecular weight excluding hydrogens is 386 g/mol. The molecule has 0 amide bonds. The lowest BCUT2D eigenvalue weighted by atomic mass is 10.1. The van der Waals surface area contributed by atoms with Crippen LogP contribution in [0.4, 0.5) is 11.4 Å². The third-order valence-electron chi connectivity index (χ3n) is 5.58. The number of anilines is 2. The first-order valence-corrected chi connectivity index (χ1v) is 11.1. The number of thioether (sulfide) groups is 1. The fourth-order valence-corrected chi connectivity index (χ4v) is 5.40. The number of nitrogens with zero attached hydrogens (tertiary/aromatic N) is 3. The topological polar surface area (TPSA) is 9.72 Å². The van der Waals surface area contributed by atoms with E-state index in [1.807, 2.05) is 23.9 Å². The van der Waals surface area contributed by atoms with Crippen LogP contribution in [0.25, 0.3) is 6.08 Å². The van der Waals surface area contributed by atoms with Gasteiger partial charge in [0.1, 0.15) is 0 Å². The van der Waals surface area contributed by atoms with E-state index in [2.05, 4.69) is 78.1 Å².